The minimum Gasteiger partial charge on any atom is -0.493 e. The van der Waals surface area contributed by atoms with E-state index in [2.05, 4.69) is 36.7 Å². The number of fused-ring (bicyclic) bond motifs is 3. The lowest BCUT2D eigenvalue weighted by atomic mass is 9.93. The molecule has 2 aliphatic rings. The average Bonchev–Trinajstić information content (AvgIpc) is 3.68. The number of likely N-dealkylation sites (N-methyl/N-ethyl adjacent to an activating group) is 1. The molecular weight excluding hydrogens is 592 g/mol. The predicted octanol–water partition coefficient (Wildman–Crippen LogP) is 7.25. The van der Waals surface area contributed by atoms with Crippen LogP contribution in [0.25, 0.3) is 43.9 Å². The summed E-state index contributed by atoms with van der Waals surface area (Å²) in [6.45, 7) is 10.4. The first-order valence-electron chi connectivity index (χ1n) is 15.1. The van der Waals surface area contributed by atoms with Crippen molar-refractivity contribution in [1.82, 2.24) is 24.6 Å². The highest BCUT2D eigenvalue weighted by atomic mass is 32.1. The molecular formula is C35H33F2N5O2S. The molecule has 0 bridgehead atoms. The van der Waals surface area contributed by atoms with E-state index in [1.54, 1.807) is 11.8 Å². The molecule has 5 aromatic rings. The van der Waals surface area contributed by atoms with Gasteiger partial charge in [-0.1, -0.05) is 18.7 Å². The third-order valence-electron chi connectivity index (χ3n) is 8.66. The first-order valence-corrected chi connectivity index (χ1v) is 16.0. The van der Waals surface area contributed by atoms with Gasteiger partial charge < -0.3 is 14.5 Å². The molecule has 5 heterocycles. The Morgan fingerprint density at radius 3 is 2.76 bits per heavy atom. The number of carbonyl (C=O) groups is 1. The van der Waals surface area contributed by atoms with Crippen molar-refractivity contribution in [3.05, 3.63) is 89.0 Å². The van der Waals surface area contributed by atoms with E-state index >= 15 is 4.39 Å². The summed E-state index contributed by atoms with van der Waals surface area (Å²) in [4.78, 5) is 21.8. The number of aromatic nitrogens is 3. The van der Waals surface area contributed by atoms with Crippen molar-refractivity contribution >= 4 is 27.3 Å². The molecule has 1 atom stereocenters. The van der Waals surface area contributed by atoms with Crippen LogP contribution in [0.15, 0.2) is 60.5 Å². The summed E-state index contributed by atoms with van der Waals surface area (Å²) in [5.74, 6) is -1.49. The van der Waals surface area contributed by atoms with Gasteiger partial charge in [-0.3, -0.25) is 9.48 Å². The van der Waals surface area contributed by atoms with Crippen molar-refractivity contribution in [3.63, 3.8) is 0 Å². The Hall–Kier alpha value is -4.41. The number of rotatable bonds is 6. The highest BCUT2D eigenvalue weighted by molar-refractivity contribution is 7.18. The molecule has 0 spiro atoms. The number of amides is 1. The predicted molar refractivity (Wildman–Crippen MR) is 173 cm³/mol. The zero-order valence-corrected chi connectivity index (χ0v) is 26.3. The number of carbonyl (C=O) groups excluding carboxylic acids is 1. The van der Waals surface area contributed by atoms with Crippen molar-refractivity contribution in [2.75, 3.05) is 26.7 Å². The number of halogens is 2. The molecule has 7 rings (SSSR count). The van der Waals surface area contributed by atoms with Gasteiger partial charge in [0.1, 0.15) is 28.8 Å². The molecule has 0 unspecified atom stereocenters. The Labute approximate surface area is 264 Å². The molecule has 230 valence electrons. The fraction of sp³-hybridized carbons (Fsp3) is 0.286. The monoisotopic (exact) mass is 625 g/mol. The number of ether oxygens (including phenoxy) is 1. The first kappa shape index (κ1) is 29.3. The smallest absolute Gasteiger partial charge is 0.246 e. The van der Waals surface area contributed by atoms with Crippen LogP contribution in [0.5, 0.6) is 5.75 Å². The van der Waals surface area contributed by atoms with Crippen LogP contribution in [-0.4, -0.2) is 57.2 Å². The van der Waals surface area contributed by atoms with Crippen LogP contribution in [0.1, 0.15) is 36.7 Å². The number of pyridine rings is 1. The van der Waals surface area contributed by atoms with Crippen molar-refractivity contribution in [2.45, 2.75) is 39.4 Å². The van der Waals surface area contributed by atoms with Gasteiger partial charge >= 0.3 is 0 Å². The van der Waals surface area contributed by atoms with Gasteiger partial charge in [0.25, 0.3) is 0 Å². The minimum absolute atomic E-state index is 0.0971. The molecule has 2 aliphatic heterocycles. The standard InChI is InChI=1S/C35H33F2N5O2S/c1-5-30(43)41-17-20(3)42-25(19-41)16-28(39-42)34-32(31-27(37)14-24(36)15-29(31)44-6-2)35-26(10-12-45-35)33(38-34)22-7-8-23-18-40(4)11-9-21(23)13-22/h5,7-8,10,12-16,20H,1,6,9,11,17-19H2,2-4H3/t20-/m0/s1. The largest absolute Gasteiger partial charge is 0.493 e. The van der Waals surface area contributed by atoms with E-state index in [-0.39, 0.29) is 29.9 Å². The third kappa shape index (κ3) is 5.11. The summed E-state index contributed by atoms with van der Waals surface area (Å²) in [5.41, 5.74) is 6.84. The molecule has 0 radical (unpaired) electrons. The van der Waals surface area contributed by atoms with Crippen LogP contribution in [0.2, 0.25) is 0 Å². The fourth-order valence-electron chi connectivity index (χ4n) is 6.57. The van der Waals surface area contributed by atoms with Crippen LogP contribution in [0.3, 0.4) is 0 Å². The van der Waals surface area contributed by atoms with Gasteiger partial charge in [-0.15, -0.1) is 11.3 Å². The minimum atomic E-state index is -0.734. The topological polar surface area (TPSA) is 63.5 Å². The van der Waals surface area contributed by atoms with Crippen molar-refractivity contribution in [3.8, 4) is 39.5 Å². The Morgan fingerprint density at radius 2 is 1.96 bits per heavy atom. The van der Waals surface area contributed by atoms with Gasteiger partial charge in [-0.2, -0.15) is 5.10 Å². The van der Waals surface area contributed by atoms with Crippen LogP contribution in [0, 0.1) is 11.6 Å². The number of nitrogens with zero attached hydrogens (tertiary/aromatic N) is 5. The maximum Gasteiger partial charge on any atom is 0.246 e. The second-order valence-electron chi connectivity index (χ2n) is 11.7. The van der Waals surface area contributed by atoms with Gasteiger partial charge in [0, 0.05) is 53.0 Å². The maximum atomic E-state index is 15.9. The molecule has 0 saturated carbocycles. The molecule has 45 heavy (non-hydrogen) atoms. The van der Waals surface area contributed by atoms with E-state index in [0.717, 1.165) is 52.6 Å². The van der Waals surface area contributed by atoms with Crippen LogP contribution >= 0.6 is 11.3 Å². The lowest BCUT2D eigenvalue weighted by Crippen LogP contribution is -2.39. The lowest BCUT2D eigenvalue weighted by molar-refractivity contribution is -0.127. The molecule has 1 amide bonds. The normalized spacial score (nSPS) is 16.5. The van der Waals surface area contributed by atoms with Crippen LogP contribution < -0.4 is 4.74 Å². The summed E-state index contributed by atoms with van der Waals surface area (Å²) in [6, 6.07) is 12.4. The number of benzene rings is 2. The molecule has 7 nitrogen and oxygen atoms in total. The van der Waals surface area contributed by atoms with E-state index in [1.807, 2.05) is 29.1 Å². The van der Waals surface area contributed by atoms with E-state index in [9.17, 15) is 9.18 Å². The quantitative estimate of drug-likeness (QED) is 0.186. The summed E-state index contributed by atoms with van der Waals surface area (Å²) in [7, 11) is 2.13. The van der Waals surface area contributed by atoms with Crippen molar-refractivity contribution in [1.29, 1.82) is 0 Å². The van der Waals surface area contributed by atoms with E-state index < -0.39 is 11.6 Å². The molecule has 2 aromatic carbocycles. The summed E-state index contributed by atoms with van der Waals surface area (Å²) in [5, 5.41) is 7.83. The Bertz CT molecular complexity index is 1980. The molecule has 0 saturated heterocycles. The number of hydrogen-bond acceptors (Lipinski definition) is 6. The molecule has 10 heteroatoms. The van der Waals surface area contributed by atoms with E-state index in [4.69, 9.17) is 14.8 Å². The van der Waals surface area contributed by atoms with Gasteiger partial charge in [-0.25, -0.2) is 13.8 Å². The Kier molecular flexibility index (Phi) is 7.49. The third-order valence-corrected chi connectivity index (χ3v) is 9.59. The van der Waals surface area contributed by atoms with Gasteiger partial charge in [0.15, 0.2) is 0 Å². The second-order valence-corrected chi connectivity index (χ2v) is 12.7. The highest BCUT2D eigenvalue weighted by Gasteiger charge is 2.30. The molecule has 3 aromatic heterocycles. The Morgan fingerprint density at radius 1 is 1.11 bits per heavy atom. The maximum absolute atomic E-state index is 15.9. The summed E-state index contributed by atoms with van der Waals surface area (Å²) in [6.07, 6.45) is 2.26. The van der Waals surface area contributed by atoms with Gasteiger partial charge in [-0.05, 0) is 68.1 Å². The second kappa shape index (κ2) is 11.5. The summed E-state index contributed by atoms with van der Waals surface area (Å²) < 4.78 is 39.0. The summed E-state index contributed by atoms with van der Waals surface area (Å²) >= 11 is 1.48. The molecule has 0 N–H and O–H groups in total. The zero-order valence-electron chi connectivity index (χ0n) is 25.4. The van der Waals surface area contributed by atoms with Crippen LogP contribution in [0.4, 0.5) is 8.78 Å². The molecule has 0 aliphatic carbocycles. The van der Waals surface area contributed by atoms with E-state index in [1.165, 1.54) is 34.6 Å². The number of thiophene rings is 1. The van der Waals surface area contributed by atoms with Crippen LogP contribution in [-0.2, 0) is 24.3 Å². The average molecular weight is 626 g/mol. The van der Waals surface area contributed by atoms with Gasteiger partial charge in [0.2, 0.25) is 5.91 Å². The van der Waals surface area contributed by atoms with Gasteiger partial charge in [0.05, 0.1) is 36.1 Å². The lowest BCUT2D eigenvalue weighted by Gasteiger charge is -2.31. The Balaban J connectivity index is 1.49. The van der Waals surface area contributed by atoms with E-state index in [0.29, 0.717) is 30.0 Å². The van der Waals surface area contributed by atoms with Crippen molar-refractivity contribution in [2.24, 2.45) is 0 Å². The fourth-order valence-corrected chi connectivity index (χ4v) is 7.52. The SMILES string of the molecule is C=CC(=O)N1Cc2cc(-c3nc(-c4ccc5c(c4)CCN(C)C5)c4ccsc4c3-c3c(F)cc(F)cc3OCC)nn2[C@@H](C)C1. The van der Waals surface area contributed by atoms with Crippen molar-refractivity contribution < 1.29 is 18.3 Å². The molecule has 0 fully saturated rings. The first-order chi connectivity index (χ1) is 21.7. The number of hydrogen-bond donors (Lipinski definition) is 0. The highest BCUT2D eigenvalue weighted by Crippen LogP contribution is 2.47. The zero-order chi connectivity index (χ0) is 31.4.